The van der Waals surface area contributed by atoms with Gasteiger partial charge in [0.1, 0.15) is 0 Å². The molecular weight excluding hydrogens is 213 g/mol. The lowest BCUT2D eigenvalue weighted by Gasteiger charge is -2.27. The van der Waals surface area contributed by atoms with Crippen molar-refractivity contribution < 1.29 is 0 Å². The second-order valence-electron chi connectivity index (χ2n) is 2.41. The van der Waals surface area contributed by atoms with Gasteiger partial charge in [-0.15, -0.1) is 0 Å². The van der Waals surface area contributed by atoms with E-state index in [0.717, 1.165) is 4.05 Å². The minimum Gasteiger partial charge on any atom is -0.295 e. The van der Waals surface area contributed by atoms with Gasteiger partial charge in [0, 0.05) is 0 Å². The van der Waals surface area contributed by atoms with E-state index in [1.54, 1.807) is 0 Å². The van der Waals surface area contributed by atoms with Gasteiger partial charge < -0.3 is 0 Å². The van der Waals surface area contributed by atoms with Gasteiger partial charge in [0.15, 0.2) is 0 Å². The third-order valence-corrected chi connectivity index (χ3v) is 3.26. The number of hydrogen-bond donors (Lipinski definition) is 0. The number of hydrogen-bond acceptors (Lipinski definition) is 1. The molecule has 0 amide bonds. The molecule has 0 radical (unpaired) electrons. The van der Waals surface area contributed by atoms with Crippen LogP contribution in [0.5, 0.6) is 0 Å². The minimum absolute atomic E-state index is 0.807. The molecule has 1 nitrogen and oxygen atoms in total. The number of piperidine rings is 1. The lowest BCUT2D eigenvalue weighted by atomic mass is 10.1. The Hall–Kier alpha value is 0.690. The molecule has 0 bridgehead atoms. The van der Waals surface area contributed by atoms with Crippen LogP contribution in [0.1, 0.15) is 19.3 Å². The van der Waals surface area contributed by atoms with Gasteiger partial charge >= 0.3 is 0 Å². The standard InChI is InChI=1S/C6H12IN/c1-8-5-3-2-4-6(8)7/h6H,2-5H2,1H3/t6-/m1/s1. The second kappa shape index (κ2) is 3.01. The summed E-state index contributed by atoms with van der Waals surface area (Å²) in [4.78, 5) is 2.42. The number of nitrogens with zero attached hydrogens (tertiary/aromatic N) is 1. The van der Waals surface area contributed by atoms with Crippen molar-refractivity contribution in [3.8, 4) is 0 Å². The molecule has 1 heterocycles. The van der Waals surface area contributed by atoms with Crippen LogP contribution in [-0.2, 0) is 0 Å². The van der Waals surface area contributed by atoms with Gasteiger partial charge in [0.25, 0.3) is 0 Å². The van der Waals surface area contributed by atoms with Crippen LogP contribution in [0.15, 0.2) is 0 Å². The van der Waals surface area contributed by atoms with Crippen LogP contribution in [0.4, 0.5) is 0 Å². The predicted molar refractivity (Wildman–Crippen MR) is 44.3 cm³/mol. The van der Waals surface area contributed by atoms with E-state index in [1.165, 1.54) is 25.8 Å². The topological polar surface area (TPSA) is 3.24 Å². The molecule has 0 unspecified atom stereocenters. The van der Waals surface area contributed by atoms with Crippen LogP contribution in [0.2, 0.25) is 0 Å². The van der Waals surface area contributed by atoms with Crippen molar-refractivity contribution in [2.75, 3.05) is 13.6 Å². The Morgan fingerprint density at radius 1 is 1.50 bits per heavy atom. The van der Waals surface area contributed by atoms with Crippen molar-refractivity contribution in [3.05, 3.63) is 0 Å². The van der Waals surface area contributed by atoms with Crippen molar-refractivity contribution in [2.45, 2.75) is 23.3 Å². The highest BCUT2D eigenvalue weighted by atomic mass is 127. The molecule has 0 aliphatic carbocycles. The van der Waals surface area contributed by atoms with E-state index in [2.05, 4.69) is 34.5 Å². The maximum atomic E-state index is 2.51. The summed E-state index contributed by atoms with van der Waals surface area (Å²) >= 11 is 2.51. The molecular formula is C6H12IN. The fraction of sp³-hybridized carbons (Fsp3) is 1.00. The molecule has 2 heteroatoms. The highest BCUT2D eigenvalue weighted by molar-refractivity contribution is 14.1. The molecule has 0 aromatic rings. The highest BCUT2D eigenvalue weighted by Crippen LogP contribution is 2.19. The first-order chi connectivity index (χ1) is 3.80. The van der Waals surface area contributed by atoms with Gasteiger partial charge in [-0.2, -0.15) is 0 Å². The van der Waals surface area contributed by atoms with Gasteiger partial charge in [-0.05, 0) is 32.9 Å². The smallest absolute Gasteiger partial charge is 0.0616 e. The monoisotopic (exact) mass is 225 g/mol. The summed E-state index contributed by atoms with van der Waals surface area (Å²) in [5, 5.41) is 0. The fourth-order valence-corrected chi connectivity index (χ4v) is 1.75. The molecule has 0 aromatic heterocycles. The zero-order chi connectivity index (χ0) is 5.98. The molecule has 0 spiro atoms. The third-order valence-electron chi connectivity index (χ3n) is 1.68. The van der Waals surface area contributed by atoms with Crippen LogP contribution >= 0.6 is 22.6 Å². The molecule has 1 aliphatic rings. The van der Waals surface area contributed by atoms with E-state index in [4.69, 9.17) is 0 Å². The first kappa shape index (κ1) is 6.81. The Morgan fingerprint density at radius 3 is 2.62 bits per heavy atom. The number of alkyl halides is 1. The second-order valence-corrected chi connectivity index (χ2v) is 3.85. The molecule has 1 fully saturated rings. The largest absolute Gasteiger partial charge is 0.295 e. The molecule has 0 saturated carbocycles. The maximum Gasteiger partial charge on any atom is 0.0616 e. The van der Waals surface area contributed by atoms with Crippen molar-refractivity contribution in [2.24, 2.45) is 0 Å². The summed E-state index contributed by atoms with van der Waals surface area (Å²) in [7, 11) is 2.20. The number of halogens is 1. The predicted octanol–water partition coefficient (Wildman–Crippen LogP) is 1.86. The summed E-state index contributed by atoms with van der Waals surface area (Å²) in [6, 6.07) is 0. The van der Waals surface area contributed by atoms with Crippen LogP contribution in [0, 0.1) is 0 Å². The van der Waals surface area contributed by atoms with Gasteiger partial charge in [-0.25, -0.2) is 0 Å². The fourth-order valence-electron chi connectivity index (χ4n) is 1.03. The van der Waals surface area contributed by atoms with Crippen molar-refractivity contribution >= 4 is 22.6 Å². The Morgan fingerprint density at radius 2 is 2.25 bits per heavy atom. The molecule has 1 rings (SSSR count). The molecule has 1 atom stereocenters. The summed E-state index contributed by atoms with van der Waals surface area (Å²) in [5.74, 6) is 0. The third kappa shape index (κ3) is 1.58. The zero-order valence-electron chi connectivity index (χ0n) is 5.23. The van der Waals surface area contributed by atoms with E-state index in [9.17, 15) is 0 Å². The van der Waals surface area contributed by atoms with Crippen LogP contribution in [0.25, 0.3) is 0 Å². The van der Waals surface area contributed by atoms with E-state index < -0.39 is 0 Å². The van der Waals surface area contributed by atoms with Gasteiger partial charge in [-0.3, -0.25) is 4.90 Å². The van der Waals surface area contributed by atoms with E-state index in [1.807, 2.05) is 0 Å². The van der Waals surface area contributed by atoms with Crippen LogP contribution in [0.3, 0.4) is 0 Å². The SMILES string of the molecule is CN1CCCC[C@@H]1I. The number of rotatable bonds is 0. The lowest BCUT2D eigenvalue weighted by molar-refractivity contribution is 0.263. The first-order valence-corrected chi connectivity index (χ1v) is 4.39. The Bertz CT molecular complexity index is 64.9. The maximum absolute atomic E-state index is 2.51. The van der Waals surface area contributed by atoms with Crippen molar-refractivity contribution in [1.82, 2.24) is 4.90 Å². The molecule has 0 N–H and O–H groups in total. The summed E-state index contributed by atoms with van der Waals surface area (Å²) in [5.41, 5.74) is 0. The number of likely N-dealkylation sites (tertiary alicyclic amines) is 1. The van der Waals surface area contributed by atoms with Gasteiger partial charge in [-0.1, -0.05) is 22.6 Å². The first-order valence-electron chi connectivity index (χ1n) is 3.15. The van der Waals surface area contributed by atoms with Crippen molar-refractivity contribution in [3.63, 3.8) is 0 Å². The lowest BCUT2D eigenvalue weighted by Crippen LogP contribution is -2.31. The van der Waals surface area contributed by atoms with Crippen LogP contribution < -0.4 is 0 Å². The molecule has 0 aromatic carbocycles. The normalized spacial score (nSPS) is 33.0. The molecule has 1 saturated heterocycles. The summed E-state index contributed by atoms with van der Waals surface area (Å²) in [6.07, 6.45) is 4.21. The molecule has 8 heavy (non-hydrogen) atoms. The average molecular weight is 225 g/mol. The van der Waals surface area contributed by atoms with Crippen LogP contribution in [-0.4, -0.2) is 22.5 Å². The Labute approximate surface area is 64.6 Å². The summed E-state index contributed by atoms with van der Waals surface area (Å²) in [6.45, 7) is 1.30. The van der Waals surface area contributed by atoms with E-state index in [0.29, 0.717) is 0 Å². The molecule has 48 valence electrons. The van der Waals surface area contributed by atoms with E-state index >= 15 is 0 Å². The zero-order valence-corrected chi connectivity index (χ0v) is 7.39. The highest BCUT2D eigenvalue weighted by Gasteiger charge is 2.13. The molecule has 1 aliphatic heterocycles. The van der Waals surface area contributed by atoms with Crippen molar-refractivity contribution in [1.29, 1.82) is 0 Å². The van der Waals surface area contributed by atoms with E-state index in [-0.39, 0.29) is 0 Å². The van der Waals surface area contributed by atoms with Gasteiger partial charge in [0.2, 0.25) is 0 Å². The summed E-state index contributed by atoms with van der Waals surface area (Å²) < 4.78 is 0.807. The minimum atomic E-state index is 0.807. The Balaban J connectivity index is 2.28. The Kier molecular flexibility index (Phi) is 2.56. The quantitative estimate of drug-likeness (QED) is 0.345. The average Bonchev–Trinajstić information content (AvgIpc) is 1.77. The van der Waals surface area contributed by atoms with Gasteiger partial charge in [0.05, 0.1) is 4.05 Å².